The quantitative estimate of drug-likeness (QED) is 0.450. The van der Waals surface area contributed by atoms with E-state index in [-0.39, 0.29) is 5.43 Å². The molecule has 2 heterocycles. The zero-order valence-electron chi connectivity index (χ0n) is 13.1. The molecule has 24 heavy (non-hydrogen) atoms. The molecule has 5 heteroatoms. The standard InChI is InChI=1S/C19H17N3O2/c23-19-15-4-1-2-5-17(15)24-18-12-14(6-7-16(18)19)21-8-3-10-22-11-9-20-13-22/h1-2,4-7,9,11-13,21H,3,8,10H2. The molecule has 120 valence electrons. The van der Waals surface area contributed by atoms with Crippen molar-refractivity contribution in [2.24, 2.45) is 0 Å². The minimum atomic E-state index is 0.0125. The van der Waals surface area contributed by atoms with Crippen LogP contribution < -0.4 is 10.7 Å². The van der Waals surface area contributed by atoms with Crippen LogP contribution in [0.2, 0.25) is 0 Å². The maximum Gasteiger partial charge on any atom is 0.200 e. The van der Waals surface area contributed by atoms with Crippen LogP contribution in [0.5, 0.6) is 0 Å². The number of aryl methyl sites for hydroxylation is 1. The van der Waals surface area contributed by atoms with Crippen molar-refractivity contribution in [2.75, 3.05) is 11.9 Å². The Hall–Kier alpha value is -3.08. The summed E-state index contributed by atoms with van der Waals surface area (Å²) in [7, 11) is 0. The minimum absolute atomic E-state index is 0.0125. The average Bonchev–Trinajstić information content (AvgIpc) is 3.12. The van der Waals surface area contributed by atoms with Crippen molar-refractivity contribution in [3.8, 4) is 0 Å². The number of nitrogens with zero attached hydrogens (tertiary/aromatic N) is 2. The van der Waals surface area contributed by atoms with Gasteiger partial charge in [0.1, 0.15) is 11.2 Å². The number of nitrogens with one attached hydrogen (secondary N) is 1. The maximum absolute atomic E-state index is 12.5. The molecule has 5 nitrogen and oxygen atoms in total. The first-order chi connectivity index (χ1) is 11.8. The lowest BCUT2D eigenvalue weighted by atomic mass is 10.1. The molecule has 0 aliphatic rings. The van der Waals surface area contributed by atoms with Crippen LogP contribution in [0.15, 0.2) is 70.4 Å². The molecule has 0 radical (unpaired) electrons. The van der Waals surface area contributed by atoms with E-state index in [1.165, 1.54) is 0 Å². The van der Waals surface area contributed by atoms with Crippen LogP contribution in [0.25, 0.3) is 21.9 Å². The Morgan fingerprint density at radius 2 is 1.96 bits per heavy atom. The molecule has 2 aromatic heterocycles. The fourth-order valence-electron chi connectivity index (χ4n) is 2.82. The van der Waals surface area contributed by atoms with E-state index in [9.17, 15) is 4.79 Å². The lowest BCUT2D eigenvalue weighted by molar-refractivity contribution is 0.657. The zero-order valence-corrected chi connectivity index (χ0v) is 13.1. The van der Waals surface area contributed by atoms with E-state index in [0.29, 0.717) is 21.9 Å². The van der Waals surface area contributed by atoms with Crippen LogP contribution in [-0.2, 0) is 6.54 Å². The van der Waals surface area contributed by atoms with E-state index in [0.717, 1.165) is 25.2 Å². The molecule has 0 bridgehead atoms. The molecule has 2 aromatic carbocycles. The molecular formula is C19H17N3O2. The molecule has 0 atom stereocenters. The zero-order chi connectivity index (χ0) is 16.4. The van der Waals surface area contributed by atoms with Crippen molar-refractivity contribution in [3.05, 3.63) is 71.4 Å². The first-order valence-electron chi connectivity index (χ1n) is 7.96. The lowest BCUT2D eigenvalue weighted by Gasteiger charge is -2.08. The number of para-hydroxylation sites is 1. The third kappa shape index (κ3) is 2.76. The Balaban J connectivity index is 1.54. The molecule has 0 aliphatic heterocycles. The molecule has 4 rings (SSSR count). The number of aromatic nitrogens is 2. The SMILES string of the molecule is O=c1c2ccccc2oc2cc(NCCCn3ccnc3)ccc12. The Morgan fingerprint density at radius 1 is 1.08 bits per heavy atom. The summed E-state index contributed by atoms with van der Waals surface area (Å²) in [6.45, 7) is 1.75. The van der Waals surface area contributed by atoms with Crippen molar-refractivity contribution >= 4 is 27.6 Å². The van der Waals surface area contributed by atoms with E-state index < -0.39 is 0 Å². The monoisotopic (exact) mass is 319 g/mol. The normalized spacial score (nSPS) is 11.2. The Bertz CT molecular complexity index is 1040. The van der Waals surface area contributed by atoms with Gasteiger partial charge in [-0.15, -0.1) is 0 Å². The lowest BCUT2D eigenvalue weighted by Crippen LogP contribution is -2.06. The number of fused-ring (bicyclic) bond motifs is 2. The molecular weight excluding hydrogens is 302 g/mol. The molecule has 0 saturated heterocycles. The second-order valence-electron chi connectivity index (χ2n) is 5.72. The summed E-state index contributed by atoms with van der Waals surface area (Å²) in [6, 6.07) is 13.0. The van der Waals surface area contributed by atoms with Gasteiger partial charge in [-0.3, -0.25) is 4.79 Å². The number of hydrogen-bond acceptors (Lipinski definition) is 4. The minimum Gasteiger partial charge on any atom is -0.456 e. The van der Waals surface area contributed by atoms with Crippen LogP contribution in [0.1, 0.15) is 6.42 Å². The number of benzene rings is 2. The van der Waals surface area contributed by atoms with Gasteiger partial charge < -0.3 is 14.3 Å². The number of imidazole rings is 1. The number of anilines is 1. The summed E-state index contributed by atoms with van der Waals surface area (Å²) in [5.74, 6) is 0. The summed E-state index contributed by atoms with van der Waals surface area (Å²) in [5, 5.41) is 4.60. The fraction of sp³-hybridized carbons (Fsp3) is 0.158. The van der Waals surface area contributed by atoms with Gasteiger partial charge in [0.25, 0.3) is 0 Å². The highest BCUT2D eigenvalue weighted by atomic mass is 16.3. The van der Waals surface area contributed by atoms with Crippen LogP contribution in [0.4, 0.5) is 5.69 Å². The fourth-order valence-corrected chi connectivity index (χ4v) is 2.82. The van der Waals surface area contributed by atoms with Gasteiger partial charge in [0.05, 0.1) is 17.1 Å². The van der Waals surface area contributed by atoms with Crippen LogP contribution >= 0.6 is 0 Å². The molecule has 0 amide bonds. The highest BCUT2D eigenvalue weighted by Crippen LogP contribution is 2.21. The van der Waals surface area contributed by atoms with Gasteiger partial charge in [0.2, 0.25) is 5.43 Å². The molecule has 1 N–H and O–H groups in total. The summed E-state index contributed by atoms with van der Waals surface area (Å²) in [6.07, 6.45) is 6.53. The number of hydrogen-bond donors (Lipinski definition) is 1. The largest absolute Gasteiger partial charge is 0.456 e. The highest BCUT2D eigenvalue weighted by Gasteiger charge is 2.07. The second-order valence-corrected chi connectivity index (χ2v) is 5.72. The predicted octanol–water partition coefficient (Wildman–Crippen LogP) is 3.64. The van der Waals surface area contributed by atoms with E-state index in [1.807, 2.05) is 53.5 Å². The summed E-state index contributed by atoms with van der Waals surface area (Å²) < 4.78 is 7.93. The first-order valence-corrected chi connectivity index (χ1v) is 7.96. The third-order valence-electron chi connectivity index (χ3n) is 4.06. The Kier molecular flexibility index (Phi) is 3.75. The van der Waals surface area contributed by atoms with Crippen LogP contribution in [-0.4, -0.2) is 16.1 Å². The van der Waals surface area contributed by atoms with Crippen molar-refractivity contribution in [2.45, 2.75) is 13.0 Å². The third-order valence-corrected chi connectivity index (χ3v) is 4.06. The number of rotatable bonds is 5. The summed E-state index contributed by atoms with van der Waals surface area (Å²) >= 11 is 0. The van der Waals surface area contributed by atoms with Crippen molar-refractivity contribution < 1.29 is 4.42 Å². The summed E-state index contributed by atoms with van der Waals surface area (Å²) in [5.41, 5.74) is 2.19. The smallest absolute Gasteiger partial charge is 0.200 e. The molecule has 0 aliphatic carbocycles. The Morgan fingerprint density at radius 3 is 2.83 bits per heavy atom. The van der Waals surface area contributed by atoms with Crippen LogP contribution in [0, 0.1) is 0 Å². The molecule has 0 fully saturated rings. The van der Waals surface area contributed by atoms with E-state index >= 15 is 0 Å². The van der Waals surface area contributed by atoms with Gasteiger partial charge in [-0.2, -0.15) is 0 Å². The summed E-state index contributed by atoms with van der Waals surface area (Å²) in [4.78, 5) is 16.5. The molecule has 0 saturated carbocycles. The Labute approximate surface area is 138 Å². The van der Waals surface area contributed by atoms with Gasteiger partial charge in [0, 0.05) is 37.2 Å². The van der Waals surface area contributed by atoms with Crippen molar-refractivity contribution in [1.29, 1.82) is 0 Å². The molecule has 4 aromatic rings. The van der Waals surface area contributed by atoms with Gasteiger partial charge in [-0.25, -0.2) is 4.98 Å². The molecule has 0 unspecified atom stereocenters. The first kappa shape index (κ1) is 14.5. The van der Waals surface area contributed by atoms with E-state index in [4.69, 9.17) is 4.42 Å². The van der Waals surface area contributed by atoms with Gasteiger partial charge in [-0.05, 0) is 30.7 Å². The maximum atomic E-state index is 12.5. The topological polar surface area (TPSA) is 60.1 Å². The average molecular weight is 319 g/mol. The van der Waals surface area contributed by atoms with E-state index in [1.54, 1.807) is 12.3 Å². The van der Waals surface area contributed by atoms with Crippen LogP contribution in [0.3, 0.4) is 0 Å². The van der Waals surface area contributed by atoms with Gasteiger partial charge in [0.15, 0.2) is 0 Å². The molecule has 0 spiro atoms. The van der Waals surface area contributed by atoms with E-state index in [2.05, 4.69) is 10.3 Å². The second kappa shape index (κ2) is 6.20. The van der Waals surface area contributed by atoms with Crippen molar-refractivity contribution in [3.63, 3.8) is 0 Å². The van der Waals surface area contributed by atoms with Gasteiger partial charge >= 0.3 is 0 Å². The highest BCUT2D eigenvalue weighted by molar-refractivity contribution is 5.90. The van der Waals surface area contributed by atoms with Gasteiger partial charge in [-0.1, -0.05) is 12.1 Å². The van der Waals surface area contributed by atoms with Crippen molar-refractivity contribution in [1.82, 2.24) is 9.55 Å². The predicted molar refractivity (Wildman–Crippen MR) is 95.3 cm³/mol.